The summed E-state index contributed by atoms with van der Waals surface area (Å²) < 4.78 is 0. The first kappa shape index (κ1) is 12.6. The van der Waals surface area contributed by atoms with Crippen LogP contribution in [-0.2, 0) is 6.54 Å². The molecule has 0 amide bonds. The molecule has 2 unspecified atom stereocenters. The van der Waals surface area contributed by atoms with Crippen LogP contribution in [0.5, 0.6) is 0 Å². The number of nitrogens with one attached hydrogen (secondary N) is 1. The van der Waals surface area contributed by atoms with Gasteiger partial charge in [0.15, 0.2) is 0 Å². The van der Waals surface area contributed by atoms with E-state index in [1.807, 2.05) is 0 Å². The van der Waals surface area contributed by atoms with E-state index in [9.17, 15) is 0 Å². The van der Waals surface area contributed by atoms with Crippen LogP contribution in [0.15, 0.2) is 42.5 Å². The number of nitrogens with zero attached hydrogens (tertiary/aromatic N) is 1. The summed E-state index contributed by atoms with van der Waals surface area (Å²) in [6, 6.07) is 16.5. The maximum absolute atomic E-state index is 3.71. The summed E-state index contributed by atoms with van der Waals surface area (Å²) in [5.74, 6) is 0. The molecule has 19 heavy (non-hydrogen) atoms. The summed E-state index contributed by atoms with van der Waals surface area (Å²) in [7, 11) is 2.21. The zero-order valence-corrected chi connectivity index (χ0v) is 11.8. The van der Waals surface area contributed by atoms with Crippen molar-refractivity contribution in [2.24, 2.45) is 0 Å². The lowest BCUT2D eigenvalue weighted by atomic mass is 10.0. The largest absolute Gasteiger partial charge is 0.309 e. The molecule has 100 valence electrons. The average Bonchev–Trinajstić information content (AvgIpc) is 2.75. The Morgan fingerprint density at radius 1 is 1.16 bits per heavy atom. The Bertz CT molecular complexity index is 549. The zero-order valence-electron chi connectivity index (χ0n) is 11.8. The van der Waals surface area contributed by atoms with Crippen molar-refractivity contribution in [3.8, 4) is 0 Å². The first-order chi connectivity index (χ1) is 9.24. The fourth-order valence-corrected chi connectivity index (χ4v) is 3.04. The lowest BCUT2D eigenvalue weighted by Gasteiger charge is -2.14. The van der Waals surface area contributed by atoms with Crippen LogP contribution in [0.4, 0.5) is 0 Å². The van der Waals surface area contributed by atoms with Gasteiger partial charge in [-0.15, -0.1) is 0 Å². The predicted molar refractivity (Wildman–Crippen MR) is 81.3 cm³/mol. The average molecular weight is 254 g/mol. The fourth-order valence-electron chi connectivity index (χ4n) is 3.04. The second kappa shape index (κ2) is 5.32. The van der Waals surface area contributed by atoms with E-state index in [0.717, 1.165) is 13.1 Å². The quantitative estimate of drug-likeness (QED) is 0.905. The molecule has 1 heterocycles. The molecular weight excluding hydrogens is 232 g/mol. The van der Waals surface area contributed by atoms with Gasteiger partial charge in [0, 0.05) is 25.2 Å². The third kappa shape index (κ3) is 2.65. The monoisotopic (exact) mass is 254 g/mol. The van der Waals surface area contributed by atoms with Crippen LogP contribution < -0.4 is 5.32 Å². The molecule has 0 aliphatic carbocycles. The normalized spacial score (nSPS) is 24.1. The van der Waals surface area contributed by atoms with Gasteiger partial charge in [-0.05, 0) is 36.7 Å². The van der Waals surface area contributed by atoms with Gasteiger partial charge in [0.05, 0.1) is 0 Å². The van der Waals surface area contributed by atoms with Gasteiger partial charge < -0.3 is 10.2 Å². The number of likely N-dealkylation sites (N-methyl/N-ethyl adjacent to an activating group) is 1. The molecule has 2 aromatic carbocycles. The highest BCUT2D eigenvalue weighted by Gasteiger charge is 2.25. The van der Waals surface area contributed by atoms with Crippen molar-refractivity contribution in [2.75, 3.05) is 13.6 Å². The van der Waals surface area contributed by atoms with E-state index in [0.29, 0.717) is 12.1 Å². The summed E-state index contributed by atoms with van der Waals surface area (Å²) >= 11 is 0. The van der Waals surface area contributed by atoms with E-state index in [1.54, 1.807) is 0 Å². The second-order valence-electron chi connectivity index (χ2n) is 5.74. The minimum absolute atomic E-state index is 0.624. The topological polar surface area (TPSA) is 15.3 Å². The summed E-state index contributed by atoms with van der Waals surface area (Å²) in [4.78, 5) is 2.43. The Morgan fingerprint density at radius 2 is 1.95 bits per heavy atom. The van der Waals surface area contributed by atoms with Crippen LogP contribution in [0.2, 0.25) is 0 Å². The number of hydrogen-bond acceptors (Lipinski definition) is 2. The summed E-state index contributed by atoms with van der Waals surface area (Å²) in [6.45, 7) is 4.43. The number of benzene rings is 2. The Morgan fingerprint density at radius 3 is 2.74 bits per heavy atom. The second-order valence-corrected chi connectivity index (χ2v) is 5.74. The predicted octanol–water partition coefficient (Wildman–Crippen LogP) is 3.02. The molecule has 2 aromatic rings. The molecule has 3 rings (SSSR count). The molecule has 2 nitrogen and oxygen atoms in total. The summed E-state index contributed by atoms with van der Waals surface area (Å²) in [5.41, 5.74) is 1.40. The van der Waals surface area contributed by atoms with Crippen LogP contribution in [0.25, 0.3) is 10.8 Å². The van der Waals surface area contributed by atoms with Crippen molar-refractivity contribution in [3.63, 3.8) is 0 Å². The third-order valence-electron chi connectivity index (χ3n) is 4.35. The van der Waals surface area contributed by atoms with E-state index in [1.165, 1.54) is 22.8 Å². The molecule has 1 fully saturated rings. The van der Waals surface area contributed by atoms with Gasteiger partial charge in [-0.2, -0.15) is 0 Å². The van der Waals surface area contributed by atoms with E-state index in [-0.39, 0.29) is 0 Å². The van der Waals surface area contributed by atoms with E-state index in [2.05, 4.69) is 66.7 Å². The van der Waals surface area contributed by atoms with Crippen molar-refractivity contribution < 1.29 is 0 Å². The van der Waals surface area contributed by atoms with Gasteiger partial charge in [-0.3, -0.25) is 0 Å². The molecule has 0 aromatic heterocycles. The Hall–Kier alpha value is -1.38. The van der Waals surface area contributed by atoms with Crippen LogP contribution >= 0.6 is 0 Å². The van der Waals surface area contributed by atoms with Crippen LogP contribution in [0.1, 0.15) is 18.9 Å². The number of likely N-dealkylation sites (tertiary alicyclic amines) is 1. The molecule has 1 aliphatic rings. The van der Waals surface area contributed by atoms with Crippen molar-refractivity contribution in [1.82, 2.24) is 10.2 Å². The molecular formula is C17H22N2. The van der Waals surface area contributed by atoms with Crippen LogP contribution in [0.3, 0.4) is 0 Å². The maximum Gasteiger partial charge on any atom is 0.0214 e. The molecule has 0 bridgehead atoms. The van der Waals surface area contributed by atoms with Crippen LogP contribution in [0, 0.1) is 0 Å². The first-order valence-electron chi connectivity index (χ1n) is 7.14. The molecule has 2 heteroatoms. The van der Waals surface area contributed by atoms with Crippen molar-refractivity contribution in [1.29, 1.82) is 0 Å². The smallest absolute Gasteiger partial charge is 0.0214 e. The number of hydrogen-bond donors (Lipinski definition) is 1. The van der Waals surface area contributed by atoms with Crippen LogP contribution in [-0.4, -0.2) is 30.6 Å². The maximum atomic E-state index is 3.71. The molecule has 0 radical (unpaired) electrons. The number of rotatable bonds is 3. The van der Waals surface area contributed by atoms with Gasteiger partial charge in [0.25, 0.3) is 0 Å². The van der Waals surface area contributed by atoms with E-state index < -0.39 is 0 Å². The van der Waals surface area contributed by atoms with Gasteiger partial charge in [-0.25, -0.2) is 0 Å². The summed E-state index contributed by atoms with van der Waals surface area (Å²) in [5, 5.41) is 6.41. The van der Waals surface area contributed by atoms with Gasteiger partial charge in [0.2, 0.25) is 0 Å². The highest BCUT2D eigenvalue weighted by molar-refractivity contribution is 5.85. The Kier molecular flexibility index (Phi) is 3.54. The SMILES string of the molecule is CC1CC(NCc2cccc3ccccc23)CN1C. The summed E-state index contributed by atoms with van der Waals surface area (Å²) in [6.07, 6.45) is 1.25. The van der Waals surface area contributed by atoms with Crippen molar-refractivity contribution >= 4 is 10.8 Å². The molecule has 1 saturated heterocycles. The molecule has 0 saturated carbocycles. The minimum atomic E-state index is 0.624. The molecule has 1 aliphatic heterocycles. The minimum Gasteiger partial charge on any atom is -0.309 e. The molecule has 2 atom stereocenters. The fraction of sp³-hybridized carbons (Fsp3) is 0.412. The molecule has 1 N–H and O–H groups in total. The Balaban J connectivity index is 1.72. The van der Waals surface area contributed by atoms with Crippen molar-refractivity contribution in [2.45, 2.75) is 32.0 Å². The third-order valence-corrected chi connectivity index (χ3v) is 4.35. The first-order valence-corrected chi connectivity index (χ1v) is 7.14. The van der Waals surface area contributed by atoms with Gasteiger partial charge >= 0.3 is 0 Å². The highest BCUT2D eigenvalue weighted by atomic mass is 15.2. The van der Waals surface area contributed by atoms with Crippen molar-refractivity contribution in [3.05, 3.63) is 48.0 Å². The van der Waals surface area contributed by atoms with Gasteiger partial charge in [0.1, 0.15) is 0 Å². The zero-order chi connectivity index (χ0) is 13.2. The Labute approximate surface area is 115 Å². The van der Waals surface area contributed by atoms with E-state index in [4.69, 9.17) is 0 Å². The lowest BCUT2D eigenvalue weighted by molar-refractivity contribution is 0.326. The standard InChI is InChI=1S/C17H22N2/c1-13-10-16(12-19(13)2)18-11-15-8-5-7-14-6-3-4-9-17(14)15/h3-9,13,16,18H,10-12H2,1-2H3. The van der Waals surface area contributed by atoms with Gasteiger partial charge in [-0.1, -0.05) is 42.5 Å². The number of fused-ring (bicyclic) bond motifs is 1. The molecule has 0 spiro atoms. The lowest BCUT2D eigenvalue weighted by Crippen LogP contribution is -2.31. The van der Waals surface area contributed by atoms with E-state index >= 15 is 0 Å². The highest BCUT2D eigenvalue weighted by Crippen LogP contribution is 2.20.